The summed E-state index contributed by atoms with van der Waals surface area (Å²) < 4.78 is 0. The highest BCUT2D eigenvalue weighted by Gasteiger charge is 2.65. The number of hydrogen-bond acceptors (Lipinski definition) is 3. The van der Waals surface area contributed by atoms with Gasteiger partial charge in [-0.1, -0.05) is 39.2 Å². The first-order valence-electron chi connectivity index (χ1n) is 11.8. The highest BCUT2D eigenvalue weighted by atomic mass is 16.4. The minimum Gasteiger partial charge on any atom is -0.481 e. The van der Waals surface area contributed by atoms with Gasteiger partial charge in [-0.3, -0.25) is 9.59 Å². The molecule has 4 heteroatoms. The van der Waals surface area contributed by atoms with Crippen molar-refractivity contribution in [1.82, 2.24) is 0 Å². The average molecular weight is 403 g/mol. The summed E-state index contributed by atoms with van der Waals surface area (Å²) in [7, 11) is 0. The zero-order valence-corrected chi connectivity index (χ0v) is 18.4. The zero-order valence-electron chi connectivity index (χ0n) is 18.4. The van der Waals surface area contributed by atoms with Gasteiger partial charge in [0, 0.05) is 12.8 Å². The molecule has 0 saturated heterocycles. The number of rotatable bonds is 5. The van der Waals surface area contributed by atoms with E-state index < -0.39 is 11.6 Å². The molecule has 0 aliphatic heterocycles. The van der Waals surface area contributed by atoms with E-state index in [1.54, 1.807) is 0 Å². The van der Waals surface area contributed by atoms with E-state index in [0.29, 0.717) is 42.3 Å². The maximum atomic E-state index is 12.2. The molecule has 3 fully saturated rings. The first kappa shape index (κ1) is 21.1. The van der Waals surface area contributed by atoms with Crippen LogP contribution in [0.5, 0.6) is 0 Å². The Morgan fingerprint density at radius 3 is 2.59 bits per heavy atom. The summed E-state index contributed by atoms with van der Waals surface area (Å²) in [4.78, 5) is 23.4. The zero-order chi connectivity index (χ0) is 21.0. The molecule has 7 atom stereocenters. The third-order valence-corrected chi connectivity index (χ3v) is 9.87. The van der Waals surface area contributed by atoms with Gasteiger partial charge in [0.1, 0.15) is 0 Å². The molecular weight excluding hydrogens is 364 g/mol. The van der Waals surface area contributed by atoms with E-state index in [-0.39, 0.29) is 17.3 Å². The summed E-state index contributed by atoms with van der Waals surface area (Å²) >= 11 is 0. The molecule has 4 rings (SSSR count). The number of fused-ring (bicyclic) bond motifs is 5. The van der Waals surface area contributed by atoms with Gasteiger partial charge < -0.3 is 10.2 Å². The summed E-state index contributed by atoms with van der Waals surface area (Å²) in [5.41, 5.74) is 0.497. The van der Waals surface area contributed by atoms with E-state index in [2.05, 4.69) is 20.8 Å². The van der Waals surface area contributed by atoms with Crippen molar-refractivity contribution >= 4 is 11.8 Å². The molecule has 0 heterocycles. The van der Waals surface area contributed by atoms with Gasteiger partial charge in [0.05, 0.1) is 5.60 Å². The van der Waals surface area contributed by atoms with E-state index in [1.807, 2.05) is 6.08 Å². The summed E-state index contributed by atoms with van der Waals surface area (Å²) in [5.74, 6) is 1.72. The van der Waals surface area contributed by atoms with Gasteiger partial charge >= 0.3 is 5.97 Å². The van der Waals surface area contributed by atoms with E-state index in [1.165, 1.54) is 12.0 Å². The minimum absolute atomic E-state index is 0.0536. The van der Waals surface area contributed by atoms with Gasteiger partial charge in [-0.2, -0.15) is 0 Å². The van der Waals surface area contributed by atoms with E-state index in [4.69, 9.17) is 0 Å². The average Bonchev–Trinajstić information content (AvgIpc) is 2.93. The van der Waals surface area contributed by atoms with Crippen LogP contribution in [0, 0.1) is 34.5 Å². The molecule has 0 aromatic rings. The van der Waals surface area contributed by atoms with Crippen molar-refractivity contribution in [1.29, 1.82) is 0 Å². The second-order valence-electron chi connectivity index (χ2n) is 11.0. The van der Waals surface area contributed by atoms with E-state index in [0.717, 1.165) is 44.9 Å². The number of carbonyl (C=O) groups is 2. The quantitative estimate of drug-likeness (QED) is 0.668. The van der Waals surface area contributed by atoms with Crippen LogP contribution in [0.1, 0.15) is 91.4 Å². The first-order chi connectivity index (χ1) is 13.6. The molecule has 4 aliphatic rings. The van der Waals surface area contributed by atoms with Crippen molar-refractivity contribution in [2.45, 2.75) is 97.0 Å². The number of carboxylic acids is 1. The Bertz CT molecular complexity index is 726. The predicted molar refractivity (Wildman–Crippen MR) is 112 cm³/mol. The highest BCUT2D eigenvalue weighted by molar-refractivity contribution is 5.91. The molecule has 0 bridgehead atoms. The third-order valence-electron chi connectivity index (χ3n) is 9.87. The minimum atomic E-state index is -0.850. The van der Waals surface area contributed by atoms with E-state index >= 15 is 0 Å². The van der Waals surface area contributed by atoms with Gasteiger partial charge in [-0.05, 0) is 85.5 Å². The molecule has 29 heavy (non-hydrogen) atoms. The lowest BCUT2D eigenvalue weighted by Gasteiger charge is -2.61. The van der Waals surface area contributed by atoms with Crippen LogP contribution < -0.4 is 0 Å². The van der Waals surface area contributed by atoms with Gasteiger partial charge in [0.2, 0.25) is 0 Å². The molecule has 0 radical (unpaired) electrons. The lowest BCUT2D eigenvalue weighted by atomic mass is 9.43. The Hall–Kier alpha value is -1.16. The number of carboxylic acid groups (broad SMARTS) is 1. The molecule has 0 aromatic carbocycles. The first-order valence-corrected chi connectivity index (χ1v) is 11.8. The van der Waals surface area contributed by atoms with Crippen molar-refractivity contribution in [2.75, 3.05) is 0 Å². The number of aliphatic hydroxyl groups is 1. The van der Waals surface area contributed by atoms with Crippen LogP contribution in [0.4, 0.5) is 0 Å². The molecule has 0 unspecified atom stereocenters. The molecule has 2 N–H and O–H groups in total. The normalized spacial score (nSPS) is 46.5. The van der Waals surface area contributed by atoms with Crippen LogP contribution in [0.15, 0.2) is 11.6 Å². The van der Waals surface area contributed by atoms with E-state index in [9.17, 15) is 19.8 Å². The topological polar surface area (TPSA) is 74.6 Å². The molecule has 162 valence electrons. The number of aliphatic carboxylic acids is 1. The summed E-state index contributed by atoms with van der Waals surface area (Å²) in [5, 5.41) is 20.8. The predicted octanol–water partition coefficient (Wildman–Crippen LogP) is 5.14. The van der Waals surface area contributed by atoms with Crippen LogP contribution in [-0.2, 0) is 9.59 Å². The van der Waals surface area contributed by atoms with Crippen LogP contribution in [0.25, 0.3) is 0 Å². The Kier molecular flexibility index (Phi) is 5.25. The molecule has 4 nitrogen and oxygen atoms in total. The number of hydrogen-bond donors (Lipinski definition) is 2. The monoisotopic (exact) mass is 402 g/mol. The van der Waals surface area contributed by atoms with Gasteiger partial charge in [0.15, 0.2) is 5.78 Å². The molecule has 0 aromatic heterocycles. The maximum absolute atomic E-state index is 12.2. The molecular formula is C25H38O4. The molecule has 4 aliphatic carbocycles. The van der Waals surface area contributed by atoms with Crippen molar-refractivity contribution in [2.24, 2.45) is 34.5 Å². The molecule has 0 amide bonds. The summed E-state index contributed by atoms with van der Waals surface area (Å²) in [6, 6.07) is 0. The van der Waals surface area contributed by atoms with Crippen molar-refractivity contribution in [3.8, 4) is 0 Å². The van der Waals surface area contributed by atoms with Crippen LogP contribution in [-0.4, -0.2) is 27.6 Å². The fourth-order valence-corrected chi connectivity index (χ4v) is 8.21. The van der Waals surface area contributed by atoms with Gasteiger partial charge in [-0.25, -0.2) is 0 Å². The largest absolute Gasteiger partial charge is 0.481 e. The Morgan fingerprint density at radius 2 is 1.90 bits per heavy atom. The second kappa shape index (κ2) is 7.21. The lowest BCUT2D eigenvalue weighted by molar-refractivity contribution is -0.152. The van der Waals surface area contributed by atoms with Crippen molar-refractivity contribution in [3.05, 3.63) is 11.6 Å². The third kappa shape index (κ3) is 3.12. The Morgan fingerprint density at radius 1 is 1.17 bits per heavy atom. The second-order valence-corrected chi connectivity index (χ2v) is 11.0. The standard InChI is InChI=1S/C25H38O4/c1-4-5-16-14-17-15-18(26)6-10-23(17,2)19-7-11-24(3)20(22(16)19)8-12-25(24,29)13-9-21(27)28/h15-16,19-20,22,29H,4-14H2,1-3H3,(H,27,28)/t16-,19+,20+,22-,23+,24+,25+/m1/s1. The SMILES string of the molecule is CCC[C@@H]1CC2=CC(=O)CC[C@]2(C)[C@H]2CC[C@@]3(C)[C@@H](CC[C@]3(O)CCC(=O)O)[C@H]12. The summed E-state index contributed by atoms with van der Waals surface area (Å²) in [6.07, 6.45) is 11.3. The number of carbonyl (C=O) groups excluding carboxylic acids is 1. The van der Waals surface area contributed by atoms with Crippen molar-refractivity contribution < 1.29 is 19.8 Å². The lowest BCUT2D eigenvalue weighted by Crippen LogP contribution is -2.57. The van der Waals surface area contributed by atoms with Gasteiger partial charge in [0.25, 0.3) is 0 Å². The smallest absolute Gasteiger partial charge is 0.303 e. The summed E-state index contributed by atoms with van der Waals surface area (Å²) in [6.45, 7) is 6.91. The van der Waals surface area contributed by atoms with Crippen molar-refractivity contribution in [3.63, 3.8) is 0 Å². The molecule has 0 spiro atoms. The fourth-order valence-electron chi connectivity index (χ4n) is 8.21. The highest BCUT2D eigenvalue weighted by Crippen LogP contribution is 2.69. The van der Waals surface area contributed by atoms with Crippen LogP contribution in [0.2, 0.25) is 0 Å². The molecule has 3 saturated carbocycles. The Labute approximate surface area is 175 Å². The van der Waals surface area contributed by atoms with Crippen LogP contribution >= 0.6 is 0 Å². The fraction of sp³-hybridized carbons (Fsp3) is 0.840. The Balaban J connectivity index is 1.69. The van der Waals surface area contributed by atoms with Gasteiger partial charge in [-0.15, -0.1) is 0 Å². The maximum Gasteiger partial charge on any atom is 0.303 e. The van der Waals surface area contributed by atoms with Crippen LogP contribution in [0.3, 0.4) is 0 Å². The number of ketones is 1. The number of allylic oxidation sites excluding steroid dienone is 1.